The van der Waals surface area contributed by atoms with E-state index in [0.29, 0.717) is 18.5 Å². The van der Waals surface area contributed by atoms with E-state index in [9.17, 15) is 0 Å². The van der Waals surface area contributed by atoms with Crippen molar-refractivity contribution in [1.29, 1.82) is 0 Å². The van der Waals surface area contributed by atoms with E-state index in [4.69, 9.17) is 4.42 Å². The topological polar surface area (TPSA) is 52.8 Å². The van der Waals surface area contributed by atoms with Gasteiger partial charge in [-0.05, 0) is 30.9 Å². The third-order valence-electron chi connectivity index (χ3n) is 4.26. The summed E-state index contributed by atoms with van der Waals surface area (Å²) in [6.45, 7) is 5.32. The second kappa shape index (κ2) is 5.87. The summed E-state index contributed by atoms with van der Waals surface area (Å²) in [5, 5.41) is 6.85. The van der Waals surface area contributed by atoms with Crippen molar-refractivity contribution in [2.24, 2.45) is 10.9 Å². The zero-order valence-corrected chi connectivity index (χ0v) is 12.3. The van der Waals surface area contributed by atoms with Crippen molar-refractivity contribution in [3.63, 3.8) is 0 Å². The van der Waals surface area contributed by atoms with E-state index in [2.05, 4.69) is 27.4 Å². The lowest BCUT2D eigenvalue weighted by Gasteiger charge is -2.20. The zero-order chi connectivity index (χ0) is 13.9. The Morgan fingerprint density at radius 3 is 2.95 bits per heavy atom. The number of guanidine groups is 1. The van der Waals surface area contributed by atoms with Gasteiger partial charge in [-0.3, -0.25) is 9.89 Å². The Kier molecular flexibility index (Phi) is 3.96. The molecule has 20 heavy (non-hydrogen) atoms. The van der Waals surface area contributed by atoms with Crippen LogP contribution in [0.2, 0.25) is 0 Å². The smallest absolute Gasteiger partial charge is 0.191 e. The van der Waals surface area contributed by atoms with Crippen LogP contribution in [0.1, 0.15) is 25.5 Å². The van der Waals surface area contributed by atoms with Crippen LogP contribution in [0.25, 0.3) is 0 Å². The third kappa shape index (κ3) is 3.15. The highest BCUT2D eigenvalue weighted by atomic mass is 16.3. The lowest BCUT2D eigenvalue weighted by atomic mass is 10.1. The van der Waals surface area contributed by atoms with Gasteiger partial charge in [0, 0.05) is 32.2 Å². The molecule has 2 unspecified atom stereocenters. The molecular weight excluding hydrogens is 252 g/mol. The first-order valence-electron chi connectivity index (χ1n) is 7.50. The van der Waals surface area contributed by atoms with Crippen molar-refractivity contribution in [3.8, 4) is 0 Å². The summed E-state index contributed by atoms with van der Waals surface area (Å²) in [5.74, 6) is 2.45. The summed E-state index contributed by atoms with van der Waals surface area (Å²) in [5.41, 5.74) is 0. The summed E-state index contributed by atoms with van der Waals surface area (Å²) in [6.07, 6.45) is 4.45. The normalized spacial score (nSPS) is 27.8. The highest BCUT2D eigenvalue weighted by molar-refractivity contribution is 5.80. The van der Waals surface area contributed by atoms with Crippen LogP contribution >= 0.6 is 0 Å². The van der Waals surface area contributed by atoms with Gasteiger partial charge in [0.25, 0.3) is 0 Å². The fourth-order valence-corrected chi connectivity index (χ4v) is 2.88. The molecule has 1 saturated carbocycles. The molecular formula is C15H24N4O. The first-order chi connectivity index (χ1) is 9.76. The number of nitrogens with one attached hydrogen (secondary N) is 2. The molecule has 0 spiro atoms. The Bertz CT molecular complexity index is 452. The molecule has 2 heterocycles. The van der Waals surface area contributed by atoms with Gasteiger partial charge in [0.05, 0.1) is 12.8 Å². The SMILES string of the molecule is CN=C(NCc1ccco1)NC1CN(C2CC2)CC1C. The van der Waals surface area contributed by atoms with E-state index >= 15 is 0 Å². The number of hydrogen-bond donors (Lipinski definition) is 2. The minimum atomic E-state index is 0.485. The van der Waals surface area contributed by atoms with Gasteiger partial charge in [-0.25, -0.2) is 0 Å². The van der Waals surface area contributed by atoms with Crippen LogP contribution in [0.3, 0.4) is 0 Å². The second-order valence-corrected chi connectivity index (χ2v) is 5.92. The lowest BCUT2D eigenvalue weighted by Crippen LogP contribution is -2.46. The summed E-state index contributed by atoms with van der Waals surface area (Å²) in [7, 11) is 1.82. The van der Waals surface area contributed by atoms with E-state index < -0.39 is 0 Å². The number of likely N-dealkylation sites (tertiary alicyclic amines) is 1. The van der Waals surface area contributed by atoms with Crippen LogP contribution in [0.4, 0.5) is 0 Å². The fourth-order valence-electron chi connectivity index (χ4n) is 2.88. The Morgan fingerprint density at radius 1 is 1.45 bits per heavy atom. The summed E-state index contributed by atoms with van der Waals surface area (Å²) >= 11 is 0. The molecule has 0 aromatic carbocycles. The monoisotopic (exact) mass is 276 g/mol. The molecule has 2 atom stereocenters. The van der Waals surface area contributed by atoms with Gasteiger partial charge in [-0.1, -0.05) is 6.92 Å². The van der Waals surface area contributed by atoms with E-state index in [-0.39, 0.29) is 0 Å². The van der Waals surface area contributed by atoms with Crippen LogP contribution in [-0.4, -0.2) is 43.1 Å². The Hall–Kier alpha value is -1.49. The third-order valence-corrected chi connectivity index (χ3v) is 4.26. The van der Waals surface area contributed by atoms with Gasteiger partial charge in [0.2, 0.25) is 0 Å². The van der Waals surface area contributed by atoms with Crippen molar-refractivity contribution < 1.29 is 4.42 Å². The molecule has 2 aliphatic rings. The first-order valence-corrected chi connectivity index (χ1v) is 7.50. The molecule has 5 heteroatoms. The number of rotatable bonds is 4. The van der Waals surface area contributed by atoms with Crippen LogP contribution in [0.5, 0.6) is 0 Å². The molecule has 1 aromatic heterocycles. The molecule has 0 bridgehead atoms. The predicted octanol–water partition coefficient (Wildman–Crippen LogP) is 1.43. The Labute approximate surface area is 120 Å². The molecule has 1 aromatic rings. The van der Waals surface area contributed by atoms with Crippen LogP contribution < -0.4 is 10.6 Å². The molecule has 110 valence electrons. The van der Waals surface area contributed by atoms with E-state index in [0.717, 1.165) is 24.3 Å². The van der Waals surface area contributed by atoms with Crippen molar-refractivity contribution in [1.82, 2.24) is 15.5 Å². The maximum Gasteiger partial charge on any atom is 0.191 e. The van der Waals surface area contributed by atoms with Crippen molar-refractivity contribution in [2.45, 2.75) is 38.4 Å². The number of aliphatic imine (C=N–C) groups is 1. The van der Waals surface area contributed by atoms with Gasteiger partial charge in [0.1, 0.15) is 5.76 Å². The standard InChI is InChI=1S/C15H24N4O/c1-11-9-19(12-5-6-12)10-14(11)18-15(16-2)17-8-13-4-3-7-20-13/h3-4,7,11-12,14H,5-6,8-10H2,1-2H3,(H2,16,17,18). The molecule has 1 aliphatic carbocycles. The minimum absolute atomic E-state index is 0.485. The van der Waals surface area contributed by atoms with Crippen molar-refractivity contribution in [2.75, 3.05) is 20.1 Å². The molecule has 0 radical (unpaired) electrons. The van der Waals surface area contributed by atoms with E-state index in [1.54, 1.807) is 6.26 Å². The van der Waals surface area contributed by atoms with Gasteiger partial charge >= 0.3 is 0 Å². The van der Waals surface area contributed by atoms with E-state index in [1.807, 2.05) is 19.2 Å². The highest BCUT2D eigenvalue weighted by Crippen LogP contribution is 2.31. The quantitative estimate of drug-likeness (QED) is 0.645. The van der Waals surface area contributed by atoms with Gasteiger partial charge in [-0.2, -0.15) is 0 Å². The minimum Gasteiger partial charge on any atom is -0.467 e. The predicted molar refractivity (Wildman–Crippen MR) is 79.6 cm³/mol. The average Bonchev–Trinajstić information content (AvgIpc) is 3.05. The molecule has 3 rings (SSSR count). The van der Waals surface area contributed by atoms with Crippen LogP contribution in [-0.2, 0) is 6.54 Å². The van der Waals surface area contributed by atoms with Gasteiger partial charge < -0.3 is 15.1 Å². The summed E-state index contributed by atoms with van der Waals surface area (Å²) in [6, 6.07) is 5.20. The molecule has 1 aliphatic heterocycles. The summed E-state index contributed by atoms with van der Waals surface area (Å²) in [4.78, 5) is 6.92. The number of furan rings is 1. The van der Waals surface area contributed by atoms with Gasteiger partial charge in [-0.15, -0.1) is 0 Å². The van der Waals surface area contributed by atoms with Crippen molar-refractivity contribution in [3.05, 3.63) is 24.2 Å². The Balaban J connectivity index is 1.50. The van der Waals surface area contributed by atoms with E-state index in [1.165, 1.54) is 19.4 Å². The van der Waals surface area contributed by atoms with Crippen molar-refractivity contribution >= 4 is 5.96 Å². The number of nitrogens with zero attached hydrogens (tertiary/aromatic N) is 2. The van der Waals surface area contributed by atoms with Crippen LogP contribution in [0.15, 0.2) is 27.8 Å². The maximum absolute atomic E-state index is 5.32. The highest BCUT2D eigenvalue weighted by Gasteiger charge is 2.38. The average molecular weight is 276 g/mol. The molecule has 0 amide bonds. The lowest BCUT2D eigenvalue weighted by molar-refractivity contribution is 0.315. The zero-order valence-electron chi connectivity index (χ0n) is 12.3. The largest absolute Gasteiger partial charge is 0.467 e. The molecule has 2 fully saturated rings. The summed E-state index contributed by atoms with van der Waals surface area (Å²) < 4.78 is 5.32. The number of hydrogen-bond acceptors (Lipinski definition) is 3. The molecule has 5 nitrogen and oxygen atoms in total. The maximum atomic E-state index is 5.32. The van der Waals surface area contributed by atoms with Crippen LogP contribution in [0, 0.1) is 5.92 Å². The first kappa shape index (κ1) is 13.5. The molecule has 2 N–H and O–H groups in total. The van der Waals surface area contributed by atoms with Gasteiger partial charge in [0.15, 0.2) is 5.96 Å². The Morgan fingerprint density at radius 2 is 2.30 bits per heavy atom. The molecule has 1 saturated heterocycles. The fraction of sp³-hybridized carbons (Fsp3) is 0.667. The second-order valence-electron chi connectivity index (χ2n) is 5.92.